The summed E-state index contributed by atoms with van der Waals surface area (Å²) in [5, 5.41) is 3.16. The lowest BCUT2D eigenvalue weighted by Crippen LogP contribution is -2.28. The highest BCUT2D eigenvalue weighted by atomic mass is 16.5. The van der Waals surface area contributed by atoms with E-state index in [2.05, 4.69) is 23.5 Å². The summed E-state index contributed by atoms with van der Waals surface area (Å²) in [5.41, 5.74) is 4.68. The van der Waals surface area contributed by atoms with Crippen molar-refractivity contribution >= 4 is 5.91 Å². The lowest BCUT2D eigenvalue weighted by molar-refractivity contribution is -0.121. The molecule has 1 aliphatic carbocycles. The van der Waals surface area contributed by atoms with Gasteiger partial charge in [-0.25, -0.2) is 0 Å². The molecule has 22 heavy (non-hydrogen) atoms. The summed E-state index contributed by atoms with van der Waals surface area (Å²) in [4.78, 5) is 12.4. The molecule has 1 atom stereocenters. The zero-order chi connectivity index (χ0) is 15.5. The maximum absolute atomic E-state index is 12.4. The van der Waals surface area contributed by atoms with Crippen LogP contribution in [0, 0.1) is 6.92 Å². The molecule has 2 aromatic carbocycles. The first-order chi connectivity index (χ1) is 10.7. The molecule has 0 radical (unpaired) electrons. The van der Waals surface area contributed by atoms with Crippen LogP contribution < -0.4 is 10.1 Å². The topological polar surface area (TPSA) is 38.3 Å². The molecule has 1 N–H and O–H groups in total. The first-order valence-corrected chi connectivity index (χ1v) is 7.68. The predicted molar refractivity (Wildman–Crippen MR) is 87.1 cm³/mol. The van der Waals surface area contributed by atoms with E-state index >= 15 is 0 Å². The molecule has 1 aliphatic rings. The summed E-state index contributed by atoms with van der Waals surface area (Å²) in [6.07, 6.45) is 2.37. The lowest BCUT2D eigenvalue weighted by atomic mass is 10.1. The first kappa shape index (κ1) is 14.6. The third-order valence-electron chi connectivity index (χ3n) is 4.25. The fourth-order valence-electron chi connectivity index (χ4n) is 3.17. The third-order valence-corrected chi connectivity index (χ3v) is 4.25. The van der Waals surface area contributed by atoms with Gasteiger partial charge in [-0.3, -0.25) is 4.79 Å². The van der Waals surface area contributed by atoms with Gasteiger partial charge in [0.25, 0.3) is 0 Å². The minimum atomic E-state index is 0.0469. The van der Waals surface area contributed by atoms with Crippen LogP contribution in [0.2, 0.25) is 0 Å². The Balaban J connectivity index is 1.70. The van der Waals surface area contributed by atoms with Crippen LogP contribution in [0.25, 0.3) is 0 Å². The maximum atomic E-state index is 12.4. The van der Waals surface area contributed by atoms with Gasteiger partial charge in [0.15, 0.2) is 0 Å². The minimum Gasteiger partial charge on any atom is -0.496 e. The van der Waals surface area contributed by atoms with E-state index in [1.54, 1.807) is 7.11 Å². The highest BCUT2D eigenvalue weighted by molar-refractivity contribution is 5.80. The summed E-state index contributed by atoms with van der Waals surface area (Å²) in [6, 6.07) is 14.4. The van der Waals surface area contributed by atoms with Crippen LogP contribution in [0.4, 0.5) is 0 Å². The van der Waals surface area contributed by atoms with E-state index in [0.717, 1.165) is 29.7 Å². The van der Waals surface area contributed by atoms with E-state index in [0.29, 0.717) is 6.42 Å². The fraction of sp³-hybridized carbons (Fsp3) is 0.316. The summed E-state index contributed by atoms with van der Waals surface area (Å²) in [5.74, 6) is 0.818. The second-order valence-electron chi connectivity index (χ2n) is 5.85. The Labute approximate surface area is 131 Å². The number of nitrogens with one attached hydrogen (secondary N) is 1. The number of carbonyl (C=O) groups is 1. The van der Waals surface area contributed by atoms with Crippen molar-refractivity contribution in [3.63, 3.8) is 0 Å². The molecule has 0 saturated heterocycles. The normalized spacial score (nSPS) is 16.2. The van der Waals surface area contributed by atoms with Crippen LogP contribution in [0.1, 0.15) is 34.7 Å². The molecule has 0 spiro atoms. The number of carbonyl (C=O) groups excluding carboxylic acids is 1. The fourth-order valence-corrected chi connectivity index (χ4v) is 3.17. The number of aryl methyl sites for hydroxylation is 2. The lowest BCUT2D eigenvalue weighted by Gasteiger charge is -2.15. The zero-order valence-electron chi connectivity index (χ0n) is 13.1. The van der Waals surface area contributed by atoms with Crippen molar-refractivity contribution in [2.24, 2.45) is 0 Å². The van der Waals surface area contributed by atoms with Gasteiger partial charge in [0.2, 0.25) is 5.91 Å². The van der Waals surface area contributed by atoms with Gasteiger partial charge in [-0.2, -0.15) is 0 Å². The molecule has 114 valence electrons. The van der Waals surface area contributed by atoms with Crippen molar-refractivity contribution in [3.8, 4) is 5.75 Å². The Morgan fingerprint density at radius 2 is 2.09 bits per heavy atom. The molecular weight excluding hydrogens is 274 g/mol. The van der Waals surface area contributed by atoms with Gasteiger partial charge in [-0.1, -0.05) is 42.0 Å². The SMILES string of the molecule is COc1ccc(C)cc1CC(=O)N[C@@H]1CCc2ccccc21. The molecule has 0 aliphatic heterocycles. The Hall–Kier alpha value is -2.29. The number of hydrogen-bond donors (Lipinski definition) is 1. The van der Waals surface area contributed by atoms with Crippen LogP contribution in [0.3, 0.4) is 0 Å². The summed E-state index contributed by atoms with van der Waals surface area (Å²) >= 11 is 0. The number of rotatable bonds is 4. The molecule has 0 fully saturated rings. The van der Waals surface area contributed by atoms with Gasteiger partial charge in [-0.05, 0) is 37.0 Å². The van der Waals surface area contributed by atoms with Crippen LogP contribution in [0.15, 0.2) is 42.5 Å². The largest absolute Gasteiger partial charge is 0.496 e. The van der Waals surface area contributed by atoms with Gasteiger partial charge >= 0.3 is 0 Å². The number of hydrogen-bond acceptors (Lipinski definition) is 2. The van der Waals surface area contributed by atoms with Gasteiger partial charge in [0.05, 0.1) is 19.6 Å². The van der Waals surface area contributed by atoms with Crippen molar-refractivity contribution in [3.05, 3.63) is 64.7 Å². The Kier molecular flexibility index (Phi) is 4.14. The van der Waals surface area contributed by atoms with Crippen LogP contribution in [-0.2, 0) is 17.6 Å². The second-order valence-corrected chi connectivity index (χ2v) is 5.85. The molecule has 3 rings (SSSR count). The quantitative estimate of drug-likeness (QED) is 0.939. The minimum absolute atomic E-state index is 0.0469. The van der Waals surface area contributed by atoms with E-state index in [4.69, 9.17) is 4.74 Å². The van der Waals surface area contributed by atoms with Crippen molar-refractivity contribution in [2.75, 3.05) is 7.11 Å². The van der Waals surface area contributed by atoms with E-state index in [1.165, 1.54) is 11.1 Å². The van der Waals surface area contributed by atoms with Crippen molar-refractivity contribution in [1.82, 2.24) is 5.32 Å². The van der Waals surface area contributed by atoms with Crippen molar-refractivity contribution in [1.29, 1.82) is 0 Å². The molecule has 0 saturated carbocycles. The second kappa shape index (κ2) is 6.22. The Morgan fingerprint density at radius 3 is 2.91 bits per heavy atom. The van der Waals surface area contributed by atoms with Crippen LogP contribution in [-0.4, -0.2) is 13.0 Å². The average molecular weight is 295 g/mol. The molecule has 3 nitrogen and oxygen atoms in total. The predicted octanol–water partition coefficient (Wildman–Crippen LogP) is 3.35. The number of methoxy groups -OCH3 is 1. The van der Waals surface area contributed by atoms with Crippen LogP contribution >= 0.6 is 0 Å². The zero-order valence-corrected chi connectivity index (χ0v) is 13.1. The Bertz CT molecular complexity index is 694. The summed E-state index contributed by atoms with van der Waals surface area (Å²) < 4.78 is 5.35. The first-order valence-electron chi connectivity index (χ1n) is 7.68. The molecular formula is C19H21NO2. The van der Waals surface area contributed by atoms with E-state index in [9.17, 15) is 4.79 Å². The van der Waals surface area contributed by atoms with Gasteiger partial charge in [0.1, 0.15) is 5.75 Å². The number of ether oxygens (including phenoxy) is 1. The van der Waals surface area contributed by atoms with Crippen molar-refractivity contribution in [2.45, 2.75) is 32.2 Å². The smallest absolute Gasteiger partial charge is 0.225 e. The summed E-state index contributed by atoms with van der Waals surface area (Å²) in [6.45, 7) is 2.02. The molecule has 0 unspecified atom stereocenters. The average Bonchev–Trinajstić information content (AvgIpc) is 2.91. The summed E-state index contributed by atoms with van der Waals surface area (Å²) in [7, 11) is 1.64. The number of benzene rings is 2. The molecule has 0 bridgehead atoms. The third kappa shape index (κ3) is 2.98. The van der Waals surface area contributed by atoms with Gasteiger partial charge < -0.3 is 10.1 Å². The molecule has 2 aromatic rings. The highest BCUT2D eigenvalue weighted by Crippen LogP contribution is 2.31. The molecule has 1 amide bonds. The molecule has 0 heterocycles. The standard InChI is InChI=1S/C19H21NO2/c1-13-7-10-18(22-2)15(11-13)12-19(21)20-17-9-8-14-5-3-4-6-16(14)17/h3-7,10-11,17H,8-9,12H2,1-2H3,(H,20,21)/t17-/m1/s1. The van der Waals surface area contributed by atoms with E-state index in [1.807, 2.05) is 31.2 Å². The highest BCUT2D eigenvalue weighted by Gasteiger charge is 2.23. The molecule has 3 heteroatoms. The monoisotopic (exact) mass is 295 g/mol. The van der Waals surface area contributed by atoms with Crippen molar-refractivity contribution < 1.29 is 9.53 Å². The number of amides is 1. The van der Waals surface area contributed by atoms with E-state index < -0.39 is 0 Å². The number of fused-ring (bicyclic) bond motifs is 1. The van der Waals surface area contributed by atoms with Gasteiger partial charge in [-0.15, -0.1) is 0 Å². The van der Waals surface area contributed by atoms with E-state index in [-0.39, 0.29) is 11.9 Å². The van der Waals surface area contributed by atoms with Gasteiger partial charge in [0, 0.05) is 5.56 Å². The Morgan fingerprint density at radius 1 is 1.27 bits per heavy atom. The van der Waals surface area contributed by atoms with Crippen LogP contribution in [0.5, 0.6) is 5.75 Å². The molecule has 0 aromatic heterocycles. The maximum Gasteiger partial charge on any atom is 0.225 e.